The van der Waals surface area contributed by atoms with Crippen LogP contribution < -0.4 is 0 Å². The van der Waals surface area contributed by atoms with Crippen LogP contribution in [-0.4, -0.2) is 45.9 Å². The Morgan fingerprint density at radius 3 is 0.889 bits per heavy atom. The minimum Gasteiger partial charge on any atom is -2.00 e. The van der Waals surface area contributed by atoms with E-state index in [9.17, 15) is 0 Å². The Morgan fingerprint density at radius 1 is 0.889 bits per heavy atom. The van der Waals surface area contributed by atoms with Crippen LogP contribution >= 0.6 is 0 Å². The molecule has 0 heterocycles. The molecule has 0 spiro atoms. The number of hydrogen-bond donors (Lipinski definition) is 1. The predicted molar refractivity (Wildman–Crippen MR) is 30.9 cm³/mol. The molecular formula is C3H8Al2O4. The van der Waals surface area contributed by atoms with E-state index in [2.05, 4.69) is 0 Å². The zero-order valence-corrected chi connectivity index (χ0v) is 7.71. The van der Waals surface area contributed by atoms with Gasteiger partial charge in [-0.25, -0.2) is 0 Å². The summed E-state index contributed by atoms with van der Waals surface area (Å²) in [4.78, 5) is 0. The third kappa shape index (κ3) is 518. The van der Waals surface area contributed by atoms with Gasteiger partial charge in [-0.1, -0.05) is 0 Å². The Balaban J connectivity index is -0.00000000450. The normalized spacial score (nSPS) is 4.00. The molecule has 0 aliphatic rings. The minimum atomic E-state index is -0.167. The second-order valence-electron chi connectivity index (χ2n) is 1.09. The van der Waals surface area contributed by atoms with Crippen LogP contribution in [-0.2, 0) is 16.4 Å². The van der Waals surface area contributed by atoms with Gasteiger partial charge in [0.1, 0.15) is 0 Å². The standard InChI is InChI=1S/C3H8O.2Al.3O/c1-3(2)4;;;;;/h3-4H,1-2H3;;;;;/q;2*+3;3*-2. The van der Waals surface area contributed by atoms with E-state index in [0.717, 1.165) is 0 Å². The monoisotopic (exact) mass is 162 g/mol. The molecule has 6 heteroatoms. The Labute approximate surface area is 76.5 Å². The average molecular weight is 162 g/mol. The molecule has 0 fully saturated rings. The van der Waals surface area contributed by atoms with Crippen LogP contribution in [0.4, 0.5) is 0 Å². The van der Waals surface area contributed by atoms with Crippen molar-refractivity contribution in [2.45, 2.75) is 20.0 Å². The molecule has 0 saturated heterocycles. The smallest absolute Gasteiger partial charge is 2.00 e. The maximum absolute atomic E-state index is 8.06. The Hall–Kier alpha value is 0.905. The van der Waals surface area contributed by atoms with E-state index in [1.807, 2.05) is 0 Å². The first-order chi connectivity index (χ1) is 1.73. The number of aliphatic hydroxyl groups excluding tert-OH is 1. The van der Waals surface area contributed by atoms with Crippen molar-refractivity contribution in [3.63, 3.8) is 0 Å². The van der Waals surface area contributed by atoms with E-state index in [1.54, 1.807) is 13.8 Å². The summed E-state index contributed by atoms with van der Waals surface area (Å²) >= 11 is 0. The van der Waals surface area contributed by atoms with Crippen molar-refractivity contribution in [1.29, 1.82) is 0 Å². The first-order valence-electron chi connectivity index (χ1n) is 1.41. The van der Waals surface area contributed by atoms with Crippen molar-refractivity contribution in [1.82, 2.24) is 0 Å². The van der Waals surface area contributed by atoms with Gasteiger partial charge in [-0.15, -0.1) is 0 Å². The van der Waals surface area contributed by atoms with Gasteiger partial charge in [0.2, 0.25) is 0 Å². The molecular weight excluding hydrogens is 154 g/mol. The third-order valence-corrected chi connectivity index (χ3v) is 0. The van der Waals surface area contributed by atoms with Crippen LogP contribution in [0, 0.1) is 0 Å². The van der Waals surface area contributed by atoms with Crippen molar-refractivity contribution in [3.8, 4) is 0 Å². The second kappa shape index (κ2) is 36.5. The van der Waals surface area contributed by atoms with E-state index in [-0.39, 0.29) is 57.3 Å². The van der Waals surface area contributed by atoms with Gasteiger partial charge < -0.3 is 21.5 Å². The number of hydrogen-bond acceptors (Lipinski definition) is 1. The summed E-state index contributed by atoms with van der Waals surface area (Å²) in [7, 11) is 0. The first-order valence-corrected chi connectivity index (χ1v) is 1.41. The molecule has 0 aliphatic carbocycles. The molecule has 0 aromatic carbocycles. The van der Waals surface area contributed by atoms with E-state index >= 15 is 0 Å². The molecule has 0 aliphatic heterocycles. The molecule has 0 aromatic rings. The summed E-state index contributed by atoms with van der Waals surface area (Å²) in [5.74, 6) is 0. The van der Waals surface area contributed by atoms with Crippen molar-refractivity contribution >= 4 is 34.7 Å². The van der Waals surface area contributed by atoms with Crippen molar-refractivity contribution in [2.24, 2.45) is 0 Å². The minimum absolute atomic E-state index is 0. The van der Waals surface area contributed by atoms with Gasteiger partial charge in [-0.3, -0.25) is 0 Å². The Kier molecular flexibility index (Phi) is 209. The van der Waals surface area contributed by atoms with E-state index < -0.39 is 0 Å². The van der Waals surface area contributed by atoms with Gasteiger partial charge in [-0.2, -0.15) is 0 Å². The van der Waals surface area contributed by atoms with Gasteiger partial charge in [0.05, 0.1) is 0 Å². The largest absolute Gasteiger partial charge is 3.00 e. The average Bonchev–Trinajstić information content (AvgIpc) is 0.811. The summed E-state index contributed by atoms with van der Waals surface area (Å²) < 4.78 is 0. The molecule has 0 unspecified atom stereocenters. The Morgan fingerprint density at radius 2 is 0.889 bits per heavy atom. The fraction of sp³-hybridized carbons (Fsp3) is 1.00. The fourth-order valence-electron chi connectivity index (χ4n) is 0. The molecule has 0 rings (SSSR count). The molecule has 9 heavy (non-hydrogen) atoms. The second-order valence-corrected chi connectivity index (χ2v) is 1.09. The topological polar surface area (TPSA) is 106 Å². The molecule has 0 bridgehead atoms. The Bertz CT molecular complexity index is 18.5. The van der Waals surface area contributed by atoms with Gasteiger partial charge in [0, 0.05) is 6.10 Å². The number of aliphatic hydroxyl groups is 1. The summed E-state index contributed by atoms with van der Waals surface area (Å²) in [6.07, 6.45) is -0.167. The third-order valence-electron chi connectivity index (χ3n) is 0. The van der Waals surface area contributed by atoms with Crippen LogP contribution in [0.25, 0.3) is 0 Å². The van der Waals surface area contributed by atoms with Gasteiger partial charge in [0.25, 0.3) is 0 Å². The number of rotatable bonds is 0. The SMILES string of the molecule is CC(C)O.[Al+3].[Al+3].[O-2].[O-2].[O-2]. The van der Waals surface area contributed by atoms with Crippen LogP contribution in [0.15, 0.2) is 0 Å². The summed E-state index contributed by atoms with van der Waals surface area (Å²) in [6.45, 7) is 3.44. The maximum atomic E-state index is 8.06. The zero-order valence-electron chi connectivity index (χ0n) is 5.40. The summed E-state index contributed by atoms with van der Waals surface area (Å²) in [6, 6.07) is 0. The van der Waals surface area contributed by atoms with Crippen molar-refractivity contribution in [3.05, 3.63) is 0 Å². The van der Waals surface area contributed by atoms with Gasteiger partial charge in [0.15, 0.2) is 0 Å². The summed E-state index contributed by atoms with van der Waals surface area (Å²) in [5.41, 5.74) is 0. The zero-order chi connectivity index (χ0) is 3.58. The first kappa shape index (κ1) is 51.5. The molecule has 0 amide bonds. The summed E-state index contributed by atoms with van der Waals surface area (Å²) in [5, 5.41) is 8.06. The van der Waals surface area contributed by atoms with E-state index in [4.69, 9.17) is 5.11 Å². The molecule has 4 nitrogen and oxygen atoms in total. The van der Waals surface area contributed by atoms with Crippen LogP contribution in [0.2, 0.25) is 0 Å². The molecule has 1 N–H and O–H groups in total. The maximum Gasteiger partial charge on any atom is 3.00 e. The van der Waals surface area contributed by atoms with E-state index in [0.29, 0.717) is 0 Å². The molecule has 0 atom stereocenters. The van der Waals surface area contributed by atoms with E-state index in [1.165, 1.54) is 0 Å². The molecule has 50 valence electrons. The fourth-order valence-corrected chi connectivity index (χ4v) is 0. The predicted octanol–water partition coefficient (Wildman–Crippen LogP) is -0.731. The molecule has 0 radical (unpaired) electrons. The van der Waals surface area contributed by atoms with Crippen molar-refractivity contribution < 1.29 is 21.5 Å². The van der Waals surface area contributed by atoms with Crippen LogP contribution in [0.3, 0.4) is 0 Å². The van der Waals surface area contributed by atoms with Crippen LogP contribution in [0.5, 0.6) is 0 Å². The quantitative estimate of drug-likeness (QED) is 0.465. The molecule has 0 saturated carbocycles. The van der Waals surface area contributed by atoms with Crippen molar-refractivity contribution in [2.75, 3.05) is 0 Å². The van der Waals surface area contributed by atoms with Crippen LogP contribution in [0.1, 0.15) is 13.8 Å². The van der Waals surface area contributed by atoms with Gasteiger partial charge in [-0.05, 0) is 13.8 Å². The molecule has 0 aromatic heterocycles. The van der Waals surface area contributed by atoms with Gasteiger partial charge >= 0.3 is 34.7 Å².